The van der Waals surface area contributed by atoms with Gasteiger partial charge in [-0.25, -0.2) is 4.68 Å². The van der Waals surface area contributed by atoms with Gasteiger partial charge in [-0.1, -0.05) is 30.9 Å². The maximum Gasteiger partial charge on any atom is 0.226 e. The van der Waals surface area contributed by atoms with Crippen LogP contribution in [0.5, 0.6) is 11.6 Å². The molecule has 0 bridgehead atoms. The highest BCUT2D eigenvalue weighted by atomic mass is 79.9. The van der Waals surface area contributed by atoms with Crippen molar-refractivity contribution in [3.63, 3.8) is 0 Å². The summed E-state index contributed by atoms with van der Waals surface area (Å²) in [5.41, 5.74) is 1.00. The molecule has 1 heterocycles. The lowest BCUT2D eigenvalue weighted by Gasteiger charge is -2.10. The van der Waals surface area contributed by atoms with Crippen LogP contribution in [0.4, 0.5) is 0 Å². The van der Waals surface area contributed by atoms with Crippen molar-refractivity contribution in [1.29, 1.82) is 0 Å². The van der Waals surface area contributed by atoms with Crippen LogP contribution >= 0.6 is 15.9 Å². The van der Waals surface area contributed by atoms with Gasteiger partial charge in [0.2, 0.25) is 5.88 Å². The topological polar surface area (TPSA) is 36.3 Å². The fourth-order valence-corrected chi connectivity index (χ4v) is 2.22. The van der Waals surface area contributed by atoms with Crippen molar-refractivity contribution < 1.29 is 9.47 Å². The fourth-order valence-electron chi connectivity index (χ4n) is 1.75. The molecule has 0 N–H and O–H groups in total. The van der Waals surface area contributed by atoms with E-state index in [1.807, 2.05) is 31.3 Å². The second-order valence-corrected chi connectivity index (χ2v) is 5.07. The summed E-state index contributed by atoms with van der Waals surface area (Å²) in [5, 5.41) is 4.09. The average Bonchev–Trinajstić information content (AvgIpc) is 2.79. The van der Waals surface area contributed by atoms with Crippen LogP contribution in [-0.4, -0.2) is 23.0 Å². The molecule has 0 aliphatic heterocycles. The number of rotatable bonds is 7. The molecule has 2 aromatic rings. The molecule has 20 heavy (non-hydrogen) atoms. The normalized spacial score (nSPS) is 10.3. The quantitative estimate of drug-likeness (QED) is 0.723. The van der Waals surface area contributed by atoms with Gasteiger partial charge in [-0.15, -0.1) is 0 Å². The molecule has 2 rings (SSSR count). The summed E-state index contributed by atoms with van der Waals surface area (Å²) in [5.74, 6) is 1.58. The highest BCUT2D eigenvalue weighted by molar-refractivity contribution is 9.10. The molecule has 0 spiro atoms. The smallest absolute Gasteiger partial charge is 0.226 e. The summed E-state index contributed by atoms with van der Waals surface area (Å²) in [7, 11) is 1.84. The fraction of sp³-hybridized carbons (Fsp3) is 0.267. The van der Waals surface area contributed by atoms with E-state index in [0.29, 0.717) is 13.2 Å². The maximum atomic E-state index is 5.72. The number of nitrogens with zero attached hydrogens (tertiary/aromatic N) is 2. The lowest BCUT2D eigenvalue weighted by atomic mass is 10.2. The molecule has 0 aliphatic carbocycles. The van der Waals surface area contributed by atoms with E-state index in [0.717, 1.165) is 28.1 Å². The molecule has 1 aromatic carbocycles. The van der Waals surface area contributed by atoms with E-state index in [-0.39, 0.29) is 0 Å². The molecule has 1 aromatic heterocycles. The molecule has 0 fully saturated rings. The van der Waals surface area contributed by atoms with E-state index in [1.165, 1.54) is 0 Å². The van der Waals surface area contributed by atoms with Gasteiger partial charge in [0.1, 0.15) is 5.75 Å². The number of aryl methyl sites for hydroxylation is 1. The zero-order chi connectivity index (χ0) is 14.4. The number of halogens is 1. The van der Waals surface area contributed by atoms with E-state index in [2.05, 4.69) is 27.6 Å². The molecule has 0 aliphatic rings. The van der Waals surface area contributed by atoms with Crippen molar-refractivity contribution in [2.24, 2.45) is 7.05 Å². The molecule has 0 saturated heterocycles. The Bertz CT molecular complexity index is 562. The summed E-state index contributed by atoms with van der Waals surface area (Å²) in [6, 6.07) is 7.83. The van der Waals surface area contributed by atoms with Crippen molar-refractivity contribution in [3.05, 3.63) is 47.1 Å². The van der Waals surface area contributed by atoms with Crippen LogP contribution < -0.4 is 9.47 Å². The van der Waals surface area contributed by atoms with Crippen molar-refractivity contribution >= 4 is 22.0 Å². The Balaban J connectivity index is 1.76. The van der Waals surface area contributed by atoms with Crippen LogP contribution in [0.2, 0.25) is 0 Å². The van der Waals surface area contributed by atoms with Crippen molar-refractivity contribution in [1.82, 2.24) is 9.78 Å². The predicted molar refractivity (Wildman–Crippen MR) is 83.0 cm³/mol. The summed E-state index contributed by atoms with van der Waals surface area (Å²) in [4.78, 5) is 0. The minimum atomic E-state index is 0.578. The third-order valence-corrected chi connectivity index (χ3v) is 3.31. The first kappa shape index (κ1) is 14.7. The first-order valence-electron chi connectivity index (χ1n) is 6.37. The van der Waals surface area contributed by atoms with Gasteiger partial charge in [-0.2, -0.15) is 5.10 Å². The minimum absolute atomic E-state index is 0.578. The van der Waals surface area contributed by atoms with Crippen LogP contribution in [-0.2, 0) is 7.05 Å². The molecule has 0 unspecified atom stereocenters. The van der Waals surface area contributed by atoms with E-state index >= 15 is 0 Å². The third-order valence-electron chi connectivity index (χ3n) is 2.77. The molecule has 106 valence electrons. The number of aromatic nitrogens is 2. The minimum Gasteiger partial charge on any atom is -0.493 e. The Morgan fingerprint density at radius 2 is 2.05 bits per heavy atom. The van der Waals surface area contributed by atoms with E-state index in [1.54, 1.807) is 17.0 Å². The molecule has 5 heteroatoms. The van der Waals surface area contributed by atoms with Gasteiger partial charge in [-0.05, 0) is 22.0 Å². The largest absolute Gasteiger partial charge is 0.493 e. The molecular weight excluding hydrogens is 320 g/mol. The standard InChI is InChI=1S/C15H17BrN2O2/c1-3-12-7-4-5-8-14(12)19-9-6-10-20-15-13(16)11-17-18(15)2/h3-5,7-8,11H,1,6,9-10H2,2H3. The van der Waals surface area contributed by atoms with Gasteiger partial charge < -0.3 is 9.47 Å². The van der Waals surface area contributed by atoms with Gasteiger partial charge in [0.15, 0.2) is 0 Å². The van der Waals surface area contributed by atoms with Crippen molar-refractivity contribution in [2.45, 2.75) is 6.42 Å². The summed E-state index contributed by atoms with van der Waals surface area (Å²) >= 11 is 3.39. The number of benzene rings is 1. The zero-order valence-corrected chi connectivity index (χ0v) is 13.0. The molecule has 0 amide bonds. The van der Waals surface area contributed by atoms with Crippen molar-refractivity contribution in [3.8, 4) is 11.6 Å². The first-order valence-corrected chi connectivity index (χ1v) is 7.16. The Morgan fingerprint density at radius 1 is 1.30 bits per heavy atom. The summed E-state index contributed by atoms with van der Waals surface area (Å²) < 4.78 is 13.9. The first-order chi connectivity index (χ1) is 9.72. The molecule has 4 nitrogen and oxygen atoms in total. The SMILES string of the molecule is C=Cc1ccccc1OCCCOc1c(Br)cnn1C. The van der Waals surface area contributed by atoms with Gasteiger partial charge >= 0.3 is 0 Å². The number of hydrogen-bond donors (Lipinski definition) is 0. The number of hydrogen-bond acceptors (Lipinski definition) is 3. The Labute approximate surface area is 127 Å². The van der Waals surface area contributed by atoms with E-state index in [4.69, 9.17) is 9.47 Å². The number of para-hydroxylation sites is 1. The Morgan fingerprint density at radius 3 is 2.75 bits per heavy atom. The van der Waals surface area contributed by atoms with Crippen LogP contribution in [0, 0.1) is 0 Å². The van der Waals surface area contributed by atoms with Crippen molar-refractivity contribution in [2.75, 3.05) is 13.2 Å². The zero-order valence-electron chi connectivity index (χ0n) is 11.4. The Kier molecular flexibility index (Phi) is 5.24. The van der Waals surface area contributed by atoms with Gasteiger partial charge in [0.25, 0.3) is 0 Å². The summed E-state index contributed by atoms with van der Waals surface area (Å²) in [6.45, 7) is 4.94. The lowest BCUT2D eigenvalue weighted by molar-refractivity contribution is 0.234. The second kappa shape index (κ2) is 7.14. The molecular formula is C15H17BrN2O2. The lowest BCUT2D eigenvalue weighted by Crippen LogP contribution is -2.07. The average molecular weight is 337 g/mol. The molecule has 0 atom stereocenters. The van der Waals surface area contributed by atoms with Crippen LogP contribution in [0.1, 0.15) is 12.0 Å². The maximum absolute atomic E-state index is 5.72. The highest BCUT2D eigenvalue weighted by Crippen LogP contribution is 2.23. The van der Waals surface area contributed by atoms with Crippen LogP contribution in [0.3, 0.4) is 0 Å². The van der Waals surface area contributed by atoms with Crippen LogP contribution in [0.25, 0.3) is 6.08 Å². The molecule has 0 radical (unpaired) electrons. The van der Waals surface area contributed by atoms with Gasteiger partial charge in [0, 0.05) is 19.0 Å². The van der Waals surface area contributed by atoms with Gasteiger partial charge in [-0.3, -0.25) is 0 Å². The monoisotopic (exact) mass is 336 g/mol. The predicted octanol–water partition coefficient (Wildman–Crippen LogP) is 3.67. The van der Waals surface area contributed by atoms with Gasteiger partial charge in [0.05, 0.1) is 23.9 Å². The van der Waals surface area contributed by atoms with E-state index < -0.39 is 0 Å². The highest BCUT2D eigenvalue weighted by Gasteiger charge is 2.06. The summed E-state index contributed by atoms with van der Waals surface area (Å²) in [6.07, 6.45) is 4.30. The second-order valence-electron chi connectivity index (χ2n) is 4.21. The van der Waals surface area contributed by atoms with E-state index in [9.17, 15) is 0 Å². The number of ether oxygens (including phenoxy) is 2. The van der Waals surface area contributed by atoms with Crippen LogP contribution in [0.15, 0.2) is 41.5 Å². The molecule has 0 saturated carbocycles. The third kappa shape index (κ3) is 3.63. The Hall–Kier alpha value is -1.75.